The fourth-order valence-corrected chi connectivity index (χ4v) is 1.03. The minimum Gasteiger partial charge on any atom is -0.449 e. The highest BCUT2D eigenvalue weighted by molar-refractivity contribution is 5.82. The van der Waals surface area contributed by atoms with Gasteiger partial charge in [-0.3, -0.25) is 4.79 Å². The number of carboxylic acid groups (broad SMARTS) is 1. The Morgan fingerprint density at radius 2 is 2.06 bits per heavy atom. The van der Waals surface area contributed by atoms with Crippen LogP contribution in [0.15, 0.2) is 18.2 Å². The van der Waals surface area contributed by atoms with Crippen LogP contribution in [-0.2, 0) is 0 Å². The predicted molar refractivity (Wildman–Crippen MR) is 49.3 cm³/mol. The Bertz CT molecular complexity index is 399. The zero-order valence-corrected chi connectivity index (χ0v) is 7.86. The van der Waals surface area contributed by atoms with E-state index in [1.54, 1.807) is 0 Å². The number of rotatable bonds is 4. The molecule has 0 aromatic heterocycles. The van der Waals surface area contributed by atoms with Crippen molar-refractivity contribution in [3.8, 4) is 11.5 Å². The SMILES string of the molecule is O=Cc1cccc(OC(O)O)c1OC(=O)O. The van der Waals surface area contributed by atoms with Crippen LogP contribution in [0.4, 0.5) is 4.79 Å². The van der Waals surface area contributed by atoms with Crippen molar-refractivity contribution in [2.75, 3.05) is 0 Å². The summed E-state index contributed by atoms with van der Waals surface area (Å²) < 4.78 is 8.76. The number of hydrogen-bond acceptors (Lipinski definition) is 6. The molecular weight excluding hydrogens is 220 g/mol. The number of ether oxygens (including phenoxy) is 2. The number of benzene rings is 1. The van der Waals surface area contributed by atoms with E-state index >= 15 is 0 Å². The van der Waals surface area contributed by atoms with Crippen molar-refractivity contribution in [1.29, 1.82) is 0 Å². The second-order valence-corrected chi connectivity index (χ2v) is 2.60. The molecule has 3 N–H and O–H groups in total. The molecule has 0 spiro atoms. The average molecular weight is 228 g/mol. The minimum absolute atomic E-state index is 0.0828. The standard InChI is InChI=1S/C9H8O7/c10-4-5-2-1-3-6(15-8(11)12)7(5)16-9(13)14/h1-4,8,11-12H,(H,13,14). The number of aliphatic hydroxyl groups excluding tert-OH is 1. The van der Waals surface area contributed by atoms with Gasteiger partial charge in [-0.05, 0) is 12.1 Å². The first-order chi connectivity index (χ1) is 7.54. The van der Waals surface area contributed by atoms with Crippen LogP contribution in [0.1, 0.15) is 10.4 Å². The lowest BCUT2D eigenvalue weighted by atomic mass is 10.2. The first kappa shape index (κ1) is 12.0. The van der Waals surface area contributed by atoms with Gasteiger partial charge in [0.15, 0.2) is 17.8 Å². The van der Waals surface area contributed by atoms with E-state index in [9.17, 15) is 9.59 Å². The van der Waals surface area contributed by atoms with Crippen molar-refractivity contribution >= 4 is 12.4 Å². The third-order valence-electron chi connectivity index (χ3n) is 1.56. The van der Waals surface area contributed by atoms with E-state index in [1.165, 1.54) is 18.2 Å². The van der Waals surface area contributed by atoms with E-state index in [0.29, 0.717) is 6.29 Å². The van der Waals surface area contributed by atoms with Gasteiger partial charge in [-0.25, -0.2) is 4.79 Å². The highest BCUT2D eigenvalue weighted by Gasteiger charge is 2.15. The summed E-state index contributed by atoms with van der Waals surface area (Å²) in [5, 5.41) is 25.6. The van der Waals surface area contributed by atoms with Gasteiger partial charge in [0, 0.05) is 0 Å². The Morgan fingerprint density at radius 1 is 1.38 bits per heavy atom. The third-order valence-corrected chi connectivity index (χ3v) is 1.56. The van der Waals surface area contributed by atoms with Crippen molar-refractivity contribution in [3.05, 3.63) is 23.8 Å². The number of carbonyl (C=O) groups excluding carboxylic acids is 1. The molecule has 86 valence electrons. The molecule has 0 aliphatic rings. The number of para-hydroxylation sites is 1. The van der Waals surface area contributed by atoms with E-state index < -0.39 is 18.4 Å². The maximum Gasteiger partial charge on any atom is 0.511 e. The van der Waals surface area contributed by atoms with Gasteiger partial charge in [0.2, 0.25) is 0 Å². The lowest BCUT2D eigenvalue weighted by molar-refractivity contribution is -0.180. The van der Waals surface area contributed by atoms with Crippen LogP contribution in [0.5, 0.6) is 11.5 Å². The van der Waals surface area contributed by atoms with Gasteiger partial charge >= 0.3 is 12.6 Å². The monoisotopic (exact) mass is 228 g/mol. The summed E-state index contributed by atoms with van der Waals surface area (Å²) >= 11 is 0. The molecule has 0 aliphatic heterocycles. The lowest BCUT2D eigenvalue weighted by Gasteiger charge is -2.12. The van der Waals surface area contributed by atoms with Gasteiger partial charge in [0.25, 0.3) is 0 Å². The van der Waals surface area contributed by atoms with Gasteiger partial charge in [-0.1, -0.05) is 6.07 Å². The molecule has 7 heteroatoms. The predicted octanol–water partition coefficient (Wildman–Crippen LogP) is 0.203. The number of carbonyl (C=O) groups is 2. The summed E-state index contributed by atoms with van der Waals surface area (Å²) in [5.74, 6) is -0.653. The zero-order valence-electron chi connectivity index (χ0n) is 7.86. The Hall–Kier alpha value is -2.12. The quantitative estimate of drug-likeness (QED) is 0.292. The Labute approximate surface area is 89.5 Å². The molecule has 1 aromatic carbocycles. The van der Waals surface area contributed by atoms with Crippen LogP contribution in [0.2, 0.25) is 0 Å². The Balaban J connectivity index is 3.14. The summed E-state index contributed by atoms with van der Waals surface area (Å²) in [7, 11) is 0. The molecule has 0 atom stereocenters. The highest BCUT2D eigenvalue weighted by atomic mass is 16.7. The summed E-state index contributed by atoms with van der Waals surface area (Å²) in [6.07, 6.45) is -1.29. The van der Waals surface area contributed by atoms with Crippen LogP contribution in [0.25, 0.3) is 0 Å². The van der Waals surface area contributed by atoms with Crippen LogP contribution in [0.3, 0.4) is 0 Å². The Morgan fingerprint density at radius 3 is 2.56 bits per heavy atom. The lowest BCUT2D eigenvalue weighted by Crippen LogP contribution is -2.15. The molecule has 0 amide bonds. The van der Waals surface area contributed by atoms with Gasteiger partial charge < -0.3 is 24.8 Å². The van der Waals surface area contributed by atoms with Gasteiger partial charge in [-0.15, -0.1) is 0 Å². The van der Waals surface area contributed by atoms with E-state index in [1.807, 2.05) is 0 Å². The summed E-state index contributed by atoms with van der Waals surface area (Å²) in [5.41, 5.74) is -0.0828. The van der Waals surface area contributed by atoms with E-state index in [2.05, 4.69) is 9.47 Å². The number of hydrogen-bond donors (Lipinski definition) is 3. The molecule has 1 aromatic rings. The molecule has 0 aliphatic carbocycles. The van der Waals surface area contributed by atoms with Crippen LogP contribution in [-0.4, -0.2) is 34.2 Å². The molecule has 0 fully saturated rings. The van der Waals surface area contributed by atoms with Gasteiger partial charge in [-0.2, -0.15) is 0 Å². The molecular formula is C9H8O7. The molecule has 16 heavy (non-hydrogen) atoms. The van der Waals surface area contributed by atoms with Crippen LogP contribution in [0, 0.1) is 0 Å². The molecule has 0 bridgehead atoms. The second kappa shape index (κ2) is 5.10. The molecule has 0 radical (unpaired) electrons. The van der Waals surface area contributed by atoms with Crippen molar-refractivity contribution in [2.24, 2.45) is 0 Å². The number of aliphatic hydroxyl groups is 2. The average Bonchev–Trinajstić information content (AvgIpc) is 2.19. The smallest absolute Gasteiger partial charge is 0.449 e. The maximum atomic E-state index is 10.6. The normalized spacial score (nSPS) is 9.94. The molecule has 0 unspecified atom stereocenters. The fraction of sp³-hybridized carbons (Fsp3) is 0.111. The molecule has 7 nitrogen and oxygen atoms in total. The first-order valence-corrected chi connectivity index (χ1v) is 4.06. The van der Waals surface area contributed by atoms with Crippen molar-refractivity contribution in [2.45, 2.75) is 6.48 Å². The molecule has 0 saturated heterocycles. The van der Waals surface area contributed by atoms with Crippen LogP contribution >= 0.6 is 0 Å². The molecule has 0 saturated carbocycles. The second-order valence-electron chi connectivity index (χ2n) is 2.60. The fourth-order valence-electron chi connectivity index (χ4n) is 1.03. The van der Waals surface area contributed by atoms with E-state index in [4.69, 9.17) is 15.3 Å². The van der Waals surface area contributed by atoms with Gasteiger partial charge in [0.05, 0.1) is 5.56 Å². The van der Waals surface area contributed by atoms with Crippen molar-refractivity contribution in [1.82, 2.24) is 0 Å². The van der Waals surface area contributed by atoms with Crippen LogP contribution < -0.4 is 9.47 Å². The van der Waals surface area contributed by atoms with Gasteiger partial charge in [0.1, 0.15) is 0 Å². The summed E-state index contributed by atoms with van der Waals surface area (Å²) in [6, 6.07) is 3.89. The largest absolute Gasteiger partial charge is 0.511 e. The third kappa shape index (κ3) is 2.94. The van der Waals surface area contributed by atoms with Crippen molar-refractivity contribution < 1.29 is 34.4 Å². The minimum atomic E-state index is -2.14. The first-order valence-electron chi connectivity index (χ1n) is 4.06. The number of aldehydes is 1. The molecule has 0 heterocycles. The van der Waals surface area contributed by atoms with E-state index in [0.717, 1.165) is 0 Å². The highest BCUT2D eigenvalue weighted by Crippen LogP contribution is 2.30. The van der Waals surface area contributed by atoms with E-state index in [-0.39, 0.29) is 11.3 Å². The zero-order chi connectivity index (χ0) is 12.1. The van der Waals surface area contributed by atoms with Crippen molar-refractivity contribution in [3.63, 3.8) is 0 Å². The summed E-state index contributed by atoms with van der Waals surface area (Å²) in [6.45, 7) is -2.14. The summed E-state index contributed by atoms with van der Waals surface area (Å²) in [4.78, 5) is 20.9. The Kier molecular flexibility index (Phi) is 3.81. The topological polar surface area (TPSA) is 113 Å². The maximum absolute atomic E-state index is 10.6. The molecule has 1 rings (SSSR count).